The van der Waals surface area contributed by atoms with E-state index in [2.05, 4.69) is 18.7 Å². The van der Waals surface area contributed by atoms with Crippen molar-refractivity contribution < 1.29 is 10.2 Å². The van der Waals surface area contributed by atoms with Crippen molar-refractivity contribution in [3.05, 3.63) is 0 Å². The first-order chi connectivity index (χ1) is 15.2. The van der Waals surface area contributed by atoms with Crippen LogP contribution in [0, 0.1) is 0 Å². The van der Waals surface area contributed by atoms with Gasteiger partial charge in [0.15, 0.2) is 0 Å². The minimum absolute atomic E-state index is 0.197. The van der Waals surface area contributed by atoms with Gasteiger partial charge in [-0.1, -0.05) is 136 Å². The minimum Gasteiger partial charge on any atom is -0.395 e. The lowest BCUT2D eigenvalue weighted by Crippen LogP contribution is -2.35. The van der Waals surface area contributed by atoms with Gasteiger partial charge in [0, 0.05) is 13.1 Å². The predicted molar refractivity (Wildman–Crippen MR) is 138 cm³/mol. The Labute approximate surface area is 196 Å². The molecule has 0 aromatic rings. The average molecular weight is 442 g/mol. The maximum Gasteiger partial charge on any atom is 0.0667 e. The third-order valence-corrected chi connectivity index (χ3v) is 6.60. The topological polar surface area (TPSA) is 43.7 Å². The van der Waals surface area contributed by atoms with Gasteiger partial charge in [-0.3, -0.25) is 4.90 Å². The first kappa shape index (κ1) is 30.9. The van der Waals surface area contributed by atoms with Gasteiger partial charge in [0.05, 0.1) is 12.7 Å². The number of aliphatic hydroxyl groups excluding tert-OH is 2. The van der Waals surface area contributed by atoms with E-state index in [1.807, 2.05) is 0 Å². The van der Waals surface area contributed by atoms with Gasteiger partial charge in [-0.25, -0.2) is 0 Å². The standard InChI is InChI=1S/C28H59NO2/c1-3-5-7-9-11-13-15-17-19-21-23-28(31)27-29(25-26-30)24-22-20-18-16-14-12-10-8-6-4-2/h28,30-31H,3-27H2,1-2H3. The van der Waals surface area contributed by atoms with Crippen molar-refractivity contribution in [1.82, 2.24) is 4.90 Å². The van der Waals surface area contributed by atoms with Crippen molar-refractivity contribution in [2.45, 2.75) is 155 Å². The SMILES string of the molecule is CCCCCCCCCCCCC(O)CN(CCO)CCCCCCCCCCCC. The van der Waals surface area contributed by atoms with Crippen LogP contribution in [-0.4, -0.2) is 47.5 Å². The van der Waals surface area contributed by atoms with Crippen molar-refractivity contribution in [3.8, 4) is 0 Å². The molecular formula is C28H59NO2. The van der Waals surface area contributed by atoms with Gasteiger partial charge < -0.3 is 10.2 Å². The van der Waals surface area contributed by atoms with Crippen molar-refractivity contribution >= 4 is 0 Å². The van der Waals surface area contributed by atoms with E-state index >= 15 is 0 Å². The van der Waals surface area contributed by atoms with Crippen LogP contribution in [0.25, 0.3) is 0 Å². The van der Waals surface area contributed by atoms with Gasteiger partial charge in [-0.15, -0.1) is 0 Å². The number of aliphatic hydroxyl groups is 2. The zero-order valence-electron chi connectivity index (χ0n) is 21.6. The minimum atomic E-state index is -0.233. The zero-order chi connectivity index (χ0) is 22.8. The third-order valence-electron chi connectivity index (χ3n) is 6.60. The average Bonchev–Trinajstić information content (AvgIpc) is 2.76. The molecule has 3 heteroatoms. The van der Waals surface area contributed by atoms with Crippen LogP contribution in [0.5, 0.6) is 0 Å². The summed E-state index contributed by atoms with van der Waals surface area (Å²) in [6, 6.07) is 0. The van der Waals surface area contributed by atoms with Gasteiger partial charge in [-0.2, -0.15) is 0 Å². The molecule has 0 bridgehead atoms. The summed E-state index contributed by atoms with van der Waals surface area (Å²) in [4.78, 5) is 2.27. The Morgan fingerprint density at radius 2 is 0.903 bits per heavy atom. The molecule has 0 aliphatic heterocycles. The predicted octanol–water partition coefficient (Wildman–Crippen LogP) is 7.87. The molecule has 0 heterocycles. The molecule has 0 amide bonds. The number of rotatable bonds is 26. The molecule has 2 N–H and O–H groups in total. The maximum atomic E-state index is 10.4. The number of hydrogen-bond acceptors (Lipinski definition) is 3. The maximum absolute atomic E-state index is 10.4. The number of hydrogen-bond donors (Lipinski definition) is 2. The zero-order valence-corrected chi connectivity index (χ0v) is 21.6. The quantitative estimate of drug-likeness (QED) is 0.134. The van der Waals surface area contributed by atoms with Gasteiger partial charge in [0.1, 0.15) is 0 Å². The number of nitrogens with zero attached hydrogens (tertiary/aromatic N) is 1. The highest BCUT2D eigenvalue weighted by Gasteiger charge is 2.11. The van der Waals surface area contributed by atoms with Crippen LogP contribution < -0.4 is 0 Å². The molecule has 188 valence electrons. The molecule has 0 fully saturated rings. The first-order valence-electron chi connectivity index (χ1n) is 14.3. The van der Waals surface area contributed by atoms with E-state index in [1.54, 1.807) is 0 Å². The first-order valence-corrected chi connectivity index (χ1v) is 14.3. The number of unbranched alkanes of at least 4 members (excludes halogenated alkanes) is 18. The van der Waals surface area contributed by atoms with Gasteiger partial charge >= 0.3 is 0 Å². The fraction of sp³-hybridized carbons (Fsp3) is 1.00. The molecule has 31 heavy (non-hydrogen) atoms. The van der Waals surface area contributed by atoms with E-state index in [0.717, 1.165) is 25.9 Å². The fourth-order valence-electron chi connectivity index (χ4n) is 4.52. The third kappa shape index (κ3) is 24.4. The van der Waals surface area contributed by atoms with Crippen LogP contribution in [0.15, 0.2) is 0 Å². The lowest BCUT2D eigenvalue weighted by Gasteiger charge is -2.24. The Bertz CT molecular complexity index is 324. The van der Waals surface area contributed by atoms with Crippen LogP contribution in [-0.2, 0) is 0 Å². The summed E-state index contributed by atoms with van der Waals surface area (Å²) < 4.78 is 0. The molecule has 0 aliphatic carbocycles. The highest BCUT2D eigenvalue weighted by Crippen LogP contribution is 2.13. The monoisotopic (exact) mass is 441 g/mol. The van der Waals surface area contributed by atoms with Crippen molar-refractivity contribution in [2.24, 2.45) is 0 Å². The van der Waals surface area contributed by atoms with E-state index in [4.69, 9.17) is 0 Å². The molecule has 0 aromatic carbocycles. The molecule has 1 unspecified atom stereocenters. The summed E-state index contributed by atoms with van der Waals surface area (Å²) in [5.41, 5.74) is 0. The Kier molecular flexibility index (Phi) is 26.0. The van der Waals surface area contributed by atoms with Crippen LogP contribution in [0.2, 0.25) is 0 Å². The van der Waals surface area contributed by atoms with Crippen LogP contribution in [0.4, 0.5) is 0 Å². The summed E-state index contributed by atoms with van der Waals surface area (Å²) in [7, 11) is 0. The molecule has 0 aliphatic rings. The summed E-state index contributed by atoms with van der Waals surface area (Å²) in [6.45, 7) is 7.20. The van der Waals surface area contributed by atoms with Crippen LogP contribution >= 0.6 is 0 Å². The molecule has 3 nitrogen and oxygen atoms in total. The van der Waals surface area contributed by atoms with Gasteiger partial charge in [-0.05, 0) is 19.4 Å². The van der Waals surface area contributed by atoms with Crippen LogP contribution in [0.1, 0.15) is 149 Å². The van der Waals surface area contributed by atoms with Crippen molar-refractivity contribution in [3.63, 3.8) is 0 Å². The highest BCUT2D eigenvalue weighted by atomic mass is 16.3. The summed E-state index contributed by atoms with van der Waals surface area (Å²) in [6.07, 6.45) is 27.6. The normalized spacial score (nSPS) is 12.7. The highest BCUT2D eigenvalue weighted by molar-refractivity contribution is 4.65. The summed E-state index contributed by atoms with van der Waals surface area (Å²) in [5.74, 6) is 0. The Morgan fingerprint density at radius 1 is 0.516 bits per heavy atom. The summed E-state index contributed by atoms with van der Waals surface area (Å²) in [5, 5.41) is 19.8. The summed E-state index contributed by atoms with van der Waals surface area (Å²) >= 11 is 0. The molecule has 1 atom stereocenters. The second-order valence-electron chi connectivity index (χ2n) is 9.83. The van der Waals surface area contributed by atoms with Crippen LogP contribution in [0.3, 0.4) is 0 Å². The molecule has 0 saturated carbocycles. The Morgan fingerprint density at radius 3 is 1.32 bits per heavy atom. The van der Waals surface area contributed by atoms with Gasteiger partial charge in [0.25, 0.3) is 0 Å². The molecule has 0 radical (unpaired) electrons. The molecule has 0 aromatic heterocycles. The Balaban J connectivity index is 3.57. The molecular weight excluding hydrogens is 382 g/mol. The van der Waals surface area contributed by atoms with E-state index in [0.29, 0.717) is 6.54 Å². The molecule has 0 saturated heterocycles. The Hall–Kier alpha value is -0.120. The van der Waals surface area contributed by atoms with E-state index in [9.17, 15) is 10.2 Å². The molecule has 0 spiro atoms. The smallest absolute Gasteiger partial charge is 0.0667 e. The van der Waals surface area contributed by atoms with Crippen molar-refractivity contribution in [2.75, 3.05) is 26.2 Å². The van der Waals surface area contributed by atoms with E-state index < -0.39 is 0 Å². The van der Waals surface area contributed by atoms with E-state index in [-0.39, 0.29) is 12.7 Å². The fourth-order valence-corrected chi connectivity index (χ4v) is 4.52. The second-order valence-corrected chi connectivity index (χ2v) is 9.83. The van der Waals surface area contributed by atoms with Crippen molar-refractivity contribution in [1.29, 1.82) is 0 Å². The lowest BCUT2D eigenvalue weighted by atomic mass is 10.0. The molecule has 0 rings (SSSR count). The second kappa shape index (κ2) is 26.1. The lowest BCUT2D eigenvalue weighted by molar-refractivity contribution is 0.0905. The largest absolute Gasteiger partial charge is 0.395 e. The van der Waals surface area contributed by atoms with Gasteiger partial charge in [0.2, 0.25) is 0 Å². The van der Waals surface area contributed by atoms with E-state index in [1.165, 1.54) is 122 Å².